The second-order valence-corrected chi connectivity index (χ2v) is 5.45. The Morgan fingerprint density at radius 3 is 2.86 bits per heavy atom. The number of carbonyl (C=O) groups excluding carboxylic acids is 1. The molecule has 112 valence electrons. The summed E-state index contributed by atoms with van der Waals surface area (Å²) in [5, 5.41) is 7.44. The lowest BCUT2D eigenvalue weighted by molar-refractivity contribution is 0.103. The highest BCUT2D eigenvalue weighted by molar-refractivity contribution is 7.09. The molecule has 1 aromatic carbocycles. The second kappa shape index (κ2) is 7.75. The molecule has 2 N–H and O–H groups in total. The summed E-state index contributed by atoms with van der Waals surface area (Å²) in [5.41, 5.74) is 0.691. The van der Waals surface area contributed by atoms with Gasteiger partial charge in [-0.1, -0.05) is 18.2 Å². The zero-order valence-electron chi connectivity index (χ0n) is 11.6. The van der Waals surface area contributed by atoms with Gasteiger partial charge < -0.3 is 15.4 Å². The van der Waals surface area contributed by atoms with Crippen LogP contribution >= 0.6 is 11.3 Å². The molecule has 0 saturated carbocycles. The SMILES string of the molecule is CO[C@H](CNC(=O)NCc1cccs1)c1cccc(F)c1. The molecule has 0 spiro atoms. The first-order valence-electron chi connectivity index (χ1n) is 6.51. The van der Waals surface area contributed by atoms with Gasteiger partial charge in [0.2, 0.25) is 0 Å². The van der Waals surface area contributed by atoms with Gasteiger partial charge in [-0.25, -0.2) is 9.18 Å². The molecule has 0 aliphatic rings. The van der Waals surface area contributed by atoms with Crippen molar-refractivity contribution in [3.63, 3.8) is 0 Å². The third-order valence-electron chi connectivity index (χ3n) is 2.96. The first-order valence-corrected chi connectivity index (χ1v) is 7.39. The van der Waals surface area contributed by atoms with Crippen LogP contribution in [0.25, 0.3) is 0 Å². The summed E-state index contributed by atoms with van der Waals surface area (Å²) in [6.45, 7) is 0.761. The average molecular weight is 308 g/mol. The molecule has 6 heteroatoms. The van der Waals surface area contributed by atoms with Gasteiger partial charge in [-0.15, -0.1) is 11.3 Å². The van der Waals surface area contributed by atoms with Crippen molar-refractivity contribution in [1.29, 1.82) is 0 Å². The highest BCUT2D eigenvalue weighted by Gasteiger charge is 2.12. The Morgan fingerprint density at radius 2 is 2.19 bits per heavy atom. The summed E-state index contributed by atoms with van der Waals surface area (Å²) in [5.74, 6) is -0.323. The van der Waals surface area contributed by atoms with Crippen molar-refractivity contribution in [3.05, 3.63) is 58.0 Å². The summed E-state index contributed by atoms with van der Waals surface area (Å²) in [7, 11) is 1.53. The van der Waals surface area contributed by atoms with E-state index in [9.17, 15) is 9.18 Å². The number of hydrogen-bond acceptors (Lipinski definition) is 3. The molecular formula is C15H17FN2O2S. The lowest BCUT2D eigenvalue weighted by Crippen LogP contribution is -2.37. The number of rotatable bonds is 6. The minimum atomic E-state index is -0.381. The quantitative estimate of drug-likeness (QED) is 0.861. The van der Waals surface area contributed by atoms with Gasteiger partial charge in [0.15, 0.2) is 0 Å². The van der Waals surface area contributed by atoms with Crippen LogP contribution < -0.4 is 10.6 Å². The lowest BCUT2D eigenvalue weighted by Gasteiger charge is -2.16. The van der Waals surface area contributed by atoms with Crippen LogP contribution in [0, 0.1) is 5.82 Å². The van der Waals surface area contributed by atoms with E-state index in [4.69, 9.17) is 4.74 Å². The van der Waals surface area contributed by atoms with E-state index in [0.29, 0.717) is 12.1 Å². The predicted octanol–water partition coefficient (Wildman–Crippen LogP) is 3.07. The molecule has 1 heterocycles. The molecule has 0 unspecified atom stereocenters. The second-order valence-electron chi connectivity index (χ2n) is 4.42. The number of urea groups is 1. The molecule has 0 radical (unpaired) electrons. The zero-order chi connectivity index (χ0) is 15.1. The van der Waals surface area contributed by atoms with Gasteiger partial charge in [-0.2, -0.15) is 0 Å². The zero-order valence-corrected chi connectivity index (χ0v) is 12.5. The van der Waals surface area contributed by atoms with Crippen LogP contribution in [0.5, 0.6) is 0 Å². The van der Waals surface area contributed by atoms with E-state index in [1.807, 2.05) is 17.5 Å². The number of carbonyl (C=O) groups is 1. The van der Waals surface area contributed by atoms with Crippen LogP contribution in [0.3, 0.4) is 0 Å². The Balaban J connectivity index is 1.81. The van der Waals surface area contributed by atoms with Crippen molar-refractivity contribution >= 4 is 17.4 Å². The van der Waals surface area contributed by atoms with Crippen molar-refractivity contribution in [2.24, 2.45) is 0 Å². The van der Waals surface area contributed by atoms with Gasteiger partial charge in [-0.05, 0) is 29.1 Å². The van der Waals surface area contributed by atoms with Crippen LogP contribution in [0.2, 0.25) is 0 Å². The summed E-state index contributed by atoms with van der Waals surface area (Å²) in [4.78, 5) is 12.8. The van der Waals surface area contributed by atoms with E-state index in [1.54, 1.807) is 23.5 Å². The van der Waals surface area contributed by atoms with Gasteiger partial charge in [0, 0.05) is 18.5 Å². The molecule has 1 atom stereocenters. The maximum Gasteiger partial charge on any atom is 0.315 e. The fraction of sp³-hybridized carbons (Fsp3) is 0.267. The minimum absolute atomic E-state index is 0.274. The number of halogens is 1. The summed E-state index contributed by atoms with van der Waals surface area (Å²) >= 11 is 1.58. The van der Waals surface area contributed by atoms with Crippen LogP contribution in [-0.2, 0) is 11.3 Å². The molecule has 2 aromatic rings. The van der Waals surface area contributed by atoms with Gasteiger partial charge in [0.1, 0.15) is 5.82 Å². The lowest BCUT2D eigenvalue weighted by atomic mass is 10.1. The van der Waals surface area contributed by atoms with Gasteiger partial charge >= 0.3 is 6.03 Å². The van der Waals surface area contributed by atoms with E-state index in [1.165, 1.54) is 19.2 Å². The molecule has 0 saturated heterocycles. The molecule has 2 amide bonds. The maximum absolute atomic E-state index is 13.2. The van der Waals surface area contributed by atoms with Gasteiger partial charge in [0.25, 0.3) is 0 Å². The largest absolute Gasteiger partial charge is 0.375 e. The number of ether oxygens (including phenoxy) is 1. The molecule has 0 aliphatic heterocycles. The van der Waals surface area contributed by atoms with Crippen molar-refractivity contribution in [2.45, 2.75) is 12.6 Å². The van der Waals surface area contributed by atoms with E-state index in [2.05, 4.69) is 10.6 Å². The van der Waals surface area contributed by atoms with E-state index in [-0.39, 0.29) is 24.5 Å². The number of nitrogens with one attached hydrogen (secondary N) is 2. The van der Waals surface area contributed by atoms with E-state index < -0.39 is 0 Å². The number of thiophene rings is 1. The molecule has 2 rings (SSSR count). The molecular weight excluding hydrogens is 291 g/mol. The standard InChI is InChI=1S/C15H17FN2O2S/c1-20-14(11-4-2-5-12(16)8-11)10-18-15(19)17-9-13-6-3-7-21-13/h2-8,14H,9-10H2,1H3,(H2,17,18,19)/t14-/m1/s1. The van der Waals surface area contributed by atoms with Crippen LogP contribution in [0.15, 0.2) is 41.8 Å². The maximum atomic E-state index is 13.2. The smallest absolute Gasteiger partial charge is 0.315 e. The Bertz CT molecular complexity index is 575. The minimum Gasteiger partial charge on any atom is -0.375 e. The number of methoxy groups -OCH3 is 1. The highest BCUT2D eigenvalue weighted by Crippen LogP contribution is 2.16. The number of amides is 2. The van der Waals surface area contributed by atoms with Crippen molar-refractivity contribution in [3.8, 4) is 0 Å². The first kappa shape index (κ1) is 15.5. The Kier molecular flexibility index (Phi) is 5.71. The first-order chi connectivity index (χ1) is 10.2. The predicted molar refractivity (Wildman–Crippen MR) is 80.7 cm³/mol. The van der Waals surface area contributed by atoms with E-state index in [0.717, 1.165) is 4.88 Å². The Hall–Kier alpha value is -1.92. The van der Waals surface area contributed by atoms with Crippen molar-refractivity contribution in [2.75, 3.05) is 13.7 Å². The molecule has 21 heavy (non-hydrogen) atoms. The molecule has 0 fully saturated rings. The molecule has 0 aliphatic carbocycles. The Morgan fingerprint density at radius 1 is 1.33 bits per heavy atom. The van der Waals surface area contributed by atoms with Crippen LogP contribution in [-0.4, -0.2) is 19.7 Å². The van der Waals surface area contributed by atoms with Crippen LogP contribution in [0.4, 0.5) is 9.18 Å². The van der Waals surface area contributed by atoms with Crippen molar-refractivity contribution < 1.29 is 13.9 Å². The normalized spacial score (nSPS) is 11.9. The monoisotopic (exact) mass is 308 g/mol. The molecule has 1 aromatic heterocycles. The highest BCUT2D eigenvalue weighted by atomic mass is 32.1. The van der Waals surface area contributed by atoms with Gasteiger partial charge in [-0.3, -0.25) is 0 Å². The Labute approximate surface area is 126 Å². The molecule has 4 nitrogen and oxygen atoms in total. The number of hydrogen-bond donors (Lipinski definition) is 2. The van der Waals surface area contributed by atoms with Crippen molar-refractivity contribution in [1.82, 2.24) is 10.6 Å². The third kappa shape index (κ3) is 4.84. The topological polar surface area (TPSA) is 50.4 Å². The summed E-state index contributed by atoms with van der Waals surface area (Å²) in [6.07, 6.45) is -0.381. The average Bonchev–Trinajstić information content (AvgIpc) is 2.99. The van der Waals surface area contributed by atoms with Crippen LogP contribution in [0.1, 0.15) is 16.5 Å². The molecule has 0 bridgehead atoms. The summed E-state index contributed by atoms with van der Waals surface area (Å²) in [6, 6.07) is 9.77. The summed E-state index contributed by atoms with van der Waals surface area (Å²) < 4.78 is 18.5. The fourth-order valence-electron chi connectivity index (χ4n) is 1.87. The fourth-order valence-corrected chi connectivity index (χ4v) is 2.52. The third-order valence-corrected chi connectivity index (χ3v) is 3.83. The number of benzene rings is 1. The van der Waals surface area contributed by atoms with E-state index >= 15 is 0 Å². The van der Waals surface area contributed by atoms with Gasteiger partial charge in [0.05, 0.1) is 12.6 Å².